The van der Waals surface area contributed by atoms with E-state index < -0.39 is 30.4 Å². The van der Waals surface area contributed by atoms with Gasteiger partial charge in [0.25, 0.3) is 5.91 Å². The SMILES string of the molecule is COc1cc(F)ccc1-c1ncnc(Nc2ccc(C(=O)NCC(F)(F)C(F)(F)F)cc2)n1. The first-order valence-corrected chi connectivity index (χ1v) is 9.13. The van der Waals surface area contributed by atoms with Gasteiger partial charge in [-0.05, 0) is 36.4 Å². The number of carbonyl (C=O) groups excluding carboxylic acids is 1. The van der Waals surface area contributed by atoms with Gasteiger partial charge in [0, 0.05) is 17.3 Å². The molecule has 1 heterocycles. The van der Waals surface area contributed by atoms with Gasteiger partial charge in [-0.2, -0.15) is 26.9 Å². The molecule has 0 fully saturated rings. The summed E-state index contributed by atoms with van der Waals surface area (Å²) in [6.07, 6.45) is -4.56. The van der Waals surface area contributed by atoms with Crippen LogP contribution >= 0.6 is 0 Å². The van der Waals surface area contributed by atoms with Crippen molar-refractivity contribution in [3.05, 3.63) is 60.2 Å². The van der Waals surface area contributed by atoms with Crippen LogP contribution in [0.5, 0.6) is 5.75 Å². The average Bonchev–Trinajstić information content (AvgIpc) is 2.77. The molecule has 3 rings (SSSR count). The van der Waals surface area contributed by atoms with Gasteiger partial charge in [-0.3, -0.25) is 4.79 Å². The fraction of sp³-hybridized carbons (Fsp3) is 0.200. The van der Waals surface area contributed by atoms with Gasteiger partial charge in [0.15, 0.2) is 5.82 Å². The summed E-state index contributed by atoms with van der Waals surface area (Å²) >= 11 is 0. The van der Waals surface area contributed by atoms with Crippen molar-refractivity contribution < 1.29 is 35.9 Å². The molecule has 13 heteroatoms. The minimum atomic E-state index is -5.77. The maximum absolute atomic E-state index is 13.4. The van der Waals surface area contributed by atoms with Crippen LogP contribution in [0.2, 0.25) is 0 Å². The number of methoxy groups -OCH3 is 1. The smallest absolute Gasteiger partial charge is 0.455 e. The number of ether oxygens (including phenoxy) is 1. The van der Waals surface area contributed by atoms with Gasteiger partial charge in [-0.1, -0.05) is 0 Å². The normalized spacial score (nSPS) is 11.7. The summed E-state index contributed by atoms with van der Waals surface area (Å²) < 4.78 is 81.0. The number of hydrogen-bond donors (Lipinski definition) is 2. The summed E-state index contributed by atoms with van der Waals surface area (Å²) in [6.45, 7) is -1.88. The highest BCUT2D eigenvalue weighted by Gasteiger charge is 2.57. The van der Waals surface area contributed by atoms with Crippen molar-refractivity contribution in [2.24, 2.45) is 0 Å². The summed E-state index contributed by atoms with van der Waals surface area (Å²) in [5, 5.41) is 4.38. The quantitative estimate of drug-likeness (QED) is 0.498. The summed E-state index contributed by atoms with van der Waals surface area (Å²) in [7, 11) is 1.36. The van der Waals surface area contributed by atoms with Gasteiger partial charge in [-0.25, -0.2) is 14.4 Å². The summed E-state index contributed by atoms with van der Waals surface area (Å²) in [6, 6.07) is 8.99. The van der Waals surface area contributed by atoms with Crippen molar-refractivity contribution in [1.29, 1.82) is 0 Å². The van der Waals surface area contributed by atoms with Crippen molar-refractivity contribution in [3.8, 4) is 17.1 Å². The molecule has 0 saturated heterocycles. The third-order valence-corrected chi connectivity index (χ3v) is 4.27. The zero-order chi connectivity index (χ0) is 24.2. The lowest BCUT2D eigenvalue weighted by Crippen LogP contribution is -2.46. The van der Waals surface area contributed by atoms with Crippen LogP contribution in [0.15, 0.2) is 48.8 Å². The number of carbonyl (C=O) groups is 1. The highest BCUT2D eigenvalue weighted by molar-refractivity contribution is 5.94. The molecule has 0 aliphatic rings. The molecule has 2 N–H and O–H groups in total. The molecule has 3 aromatic rings. The Labute approximate surface area is 182 Å². The summed E-state index contributed by atoms with van der Waals surface area (Å²) in [5.74, 6) is -6.17. The zero-order valence-corrected chi connectivity index (χ0v) is 16.8. The van der Waals surface area contributed by atoms with Gasteiger partial charge in [-0.15, -0.1) is 0 Å². The van der Waals surface area contributed by atoms with Crippen LogP contribution in [0.25, 0.3) is 11.4 Å². The Morgan fingerprint density at radius 3 is 2.36 bits per heavy atom. The maximum atomic E-state index is 13.4. The van der Waals surface area contributed by atoms with E-state index in [2.05, 4.69) is 20.3 Å². The number of nitrogens with zero attached hydrogens (tertiary/aromatic N) is 3. The highest BCUT2D eigenvalue weighted by Crippen LogP contribution is 2.34. The fourth-order valence-corrected chi connectivity index (χ4v) is 2.56. The van der Waals surface area contributed by atoms with Crippen LogP contribution in [0, 0.1) is 5.82 Å². The first kappa shape index (κ1) is 23.8. The molecular formula is C20H15F6N5O2. The fourth-order valence-electron chi connectivity index (χ4n) is 2.56. The highest BCUT2D eigenvalue weighted by atomic mass is 19.4. The van der Waals surface area contributed by atoms with Crippen molar-refractivity contribution in [2.45, 2.75) is 12.1 Å². The number of benzene rings is 2. The molecule has 2 aromatic carbocycles. The Kier molecular flexibility index (Phi) is 6.70. The lowest BCUT2D eigenvalue weighted by molar-refractivity contribution is -0.278. The van der Waals surface area contributed by atoms with E-state index in [0.29, 0.717) is 11.3 Å². The van der Waals surface area contributed by atoms with E-state index in [9.17, 15) is 31.1 Å². The van der Waals surface area contributed by atoms with E-state index >= 15 is 0 Å². The lowest BCUT2D eigenvalue weighted by atomic mass is 10.2. The average molecular weight is 471 g/mol. The van der Waals surface area contributed by atoms with Crippen molar-refractivity contribution >= 4 is 17.5 Å². The number of rotatable bonds is 7. The van der Waals surface area contributed by atoms with Gasteiger partial charge < -0.3 is 15.4 Å². The molecule has 174 valence electrons. The Morgan fingerprint density at radius 2 is 1.73 bits per heavy atom. The van der Waals surface area contributed by atoms with E-state index in [0.717, 1.165) is 0 Å². The van der Waals surface area contributed by atoms with Crippen LogP contribution in [-0.4, -0.2) is 46.6 Å². The Hall–Kier alpha value is -3.90. The van der Waals surface area contributed by atoms with Gasteiger partial charge in [0.05, 0.1) is 19.2 Å². The van der Waals surface area contributed by atoms with E-state index in [1.165, 1.54) is 55.9 Å². The molecule has 0 spiro atoms. The zero-order valence-electron chi connectivity index (χ0n) is 16.8. The lowest BCUT2D eigenvalue weighted by Gasteiger charge is -2.19. The van der Waals surface area contributed by atoms with Crippen molar-refractivity contribution in [2.75, 3.05) is 19.0 Å². The predicted molar refractivity (Wildman–Crippen MR) is 105 cm³/mol. The number of amides is 1. The molecule has 0 radical (unpaired) electrons. The largest absolute Gasteiger partial charge is 0.496 e. The van der Waals surface area contributed by atoms with Crippen LogP contribution in [-0.2, 0) is 0 Å². The minimum absolute atomic E-state index is 0.0911. The monoisotopic (exact) mass is 471 g/mol. The predicted octanol–water partition coefficient (Wildman–Crippen LogP) is 4.36. The second-order valence-corrected chi connectivity index (χ2v) is 6.56. The topological polar surface area (TPSA) is 89.0 Å². The van der Waals surface area contributed by atoms with Crippen LogP contribution < -0.4 is 15.4 Å². The number of alkyl halides is 5. The van der Waals surface area contributed by atoms with Crippen LogP contribution in [0.3, 0.4) is 0 Å². The van der Waals surface area contributed by atoms with Crippen LogP contribution in [0.1, 0.15) is 10.4 Å². The van der Waals surface area contributed by atoms with Gasteiger partial charge in [0.1, 0.15) is 17.9 Å². The number of anilines is 2. The number of hydrogen-bond acceptors (Lipinski definition) is 6. The van der Waals surface area contributed by atoms with Gasteiger partial charge >= 0.3 is 12.1 Å². The Morgan fingerprint density at radius 1 is 1.03 bits per heavy atom. The maximum Gasteiger partial charge on any atom is 0.455 e. The molecule has 0 unspecified atom stereocenters. The molecule has 0 bridgehead atoms. The van der Waals surface area contributed by atoms with E-state index in [-0.39, 0.29) is 23.1 Å². The summed E-state index contributed by atoms with van der Waals surface area (Å²) in [4.78, 5) is 24.1. The molecule has 1 aromatic heterocycles. The van der Waals surface area contributed by atoms with E-state index in [4.69, 9.17) is 4.74 Å². The third-order valence-electron chi connectivity index (χ3n) is 4.27. The van der Waals surface area contributed by atoms with E-state index in [1.54, 1.807) is 5.32 Å². The number of nitrogens with one attached hydrogen (secondary N) is 2. The van der Waals surface area contributed by atoms with Crippen molar-refractivity contribution in [3.63, 3.8) is 0 Å². The number of aromatic nitrogens is 3. The molecule has 0 atom stereocenters. The minimum Gasteiger partial charge on any atom is -0.496 e. The molecule has 0 aliphatic heterocycles. The third kappa shape index (κ3) is 5.67. The first-order chi connectivity index (χ1) is 15.5. The van der Waals surface area contributed by atoms with E-state index in [1.807, 2.05) is 0 Å². The molecule has 7 nitrogen and oxygen atoms in total. The molecule has 0 saturated carbocycles. The molecule has 0 aliphatic carbocycles. The second kappa shape index (κ2) is 9.30. The van der Waals surface area contributed by atoms with Gasteiger partial charge in [0.2, 0.25) is 5.95 Å². The molecular weight excluding hydrogens is 456 g/mol. The Bertz CT molecular complexity index is 1140. The second-order valence-electron chi connectivity index (χ2n) is 6.56. The first-order valence-electron chi connectivity index (χ1n) is 9.13. The van der Waals surface area contributed by atoms with Crippen molar-refractivity contribution in [1.82, 2.24) is 20.3 Å². The molecule has 33 heavy (non-hydrogen) atoms. The summed E-state index contributed by atoms with van der Waals surface area (Å²) in [5.41, 5.74) is 0.660. The van der Waals surface area contributed by atoms with Crippen LogP contribution in [0.4, 0.5) is 38.0 Å². The Balaban J connectivity index is 1.69. The number of halogens is 6. The molecule has 1 amide bonds. The standard InChI is InChI=1S/C20H15F6N5O2/c1-33-15-8-12(21)4-7-14(15)16-28-10-29-18(31-16)30-13-5-2-11(3-6-13)17(32)27-9-19(22,23)20(24,25)26/h2-8,10H,9H2,1H3,(H,27,32)(H,28,29,30,31).